The Morgan fingerprint density at radius 2 is 1.74 bits per heavy atom. The van der Waals surface area contributed by atoms with Crippen molar-refractivity contribution >= 4 is 5.57 Å². The van der Waals surface area contributed by atoms with Gasteiger partial charge in [0.25, 0.3) is 0 Å². The van der Waals surface area contributed by atoms with E-state index in [-0.39, 0.29) is 0 Å². The Bertz CT molecular complexity index is 923. The third kappa shape index (κ3) is 4.31. The smallest absolute Gasteiger partial charge is 0.123 e. The number of phenols is 1. The van der Waals surface area contributed by atoms with Gasteiger partial charge in [0, 0.05) is 11.5 Å². The van der Waals surface area contributed by atoms with Gasteiger partial charge in [-0.3, -0.25) is 0 Å². The van der Waals surface area contributed by atoms with E-state index in [4.69, 9.17) is 0 Å². The lowest BCUT2D eigenvalue weighted by Gasteiger charge is -2.25. The highest BCUT2D eigenvalue weighted by Gasteiger charge is 2.21. The van der Waals surface area contributed by atoms with Gasteiger partial charge in [-0.15, -0.1) is 0 Å². The lowest BCUT2D eigenvalue weighted by Crippen LogP contribution is -2.10. The van der Waals surface area contributed by atoms with Crippen molar-refractivity contribution in [2.24, 2.45) is 5.92 Å². The van der Waals surface area contributed by atoms with Crippen LogP contribution in [-0.4, -0.2) is 5.11 Å². The number of allylic oxidation sites excluding steroid dienone is 7. The topological polar surface area (TPSA) is 20.2 Å². The van der Waals surface area contributed by atoms with Crippen LogP contribution in [0.5, 0.6) is 5.75 Å². The second-order valence-electron chi connectivity index (χ2n) is 7.39. The van der Waals surface area contributed by atoms with Crippen molar-refractivity contribution in [3.63, 3.8) is 0 Å². The van der Waals surface area contributed by atoms with Crippen molar-refractivity contribution in [1.82, 2.24) is 0 Å². The lowest BCUT2D eigenvalue weighted by atomic mass is 9.79. The monoisotopic (exact) mass is 356 g/mol. The van der Waals surface area contributed by atoms with Crippen LogP contribution < -0.4 is 0 Å². The van der Waals surface area contributed by atoms with E-state index < -0.39 is 0 Å². The van der Waals surface area contributed by atoms with E-state index >= 15 is 0 Å². The van der Waals surface area contributed by atoms with Gasteiger partial charge in [0.2, 0.25) is 0 Å². The molecule has 1 aliphatic rings. The Morgan fingerprint density at radius 3 is 2.41 bits per heavy atom. The summed E-state index contributed by atoms with van der Waals surface area (Å²) in [7, 11) is 0. The van der Waals surface area contributed by atoms with E-state index in [1.807, 2.05) is 24.3 Å². The number of hydrogen-bond acceptors (Lipinski definition) is 1. The molecule has 1 aliphatic carbocycles. The highest BCUT2D eigenvalue weighted by atomic mass is 16.3. The molecule has 2 aromatic carbocycles. The maximum Gasteiger partial charge on any atom is 0.123 e. The molecule has 0 fully saturated rings. The maximum atomic E-state index is 10.3. The first-order chi connectivity index (χ1) is 13.0. The van der Waals surface area contributed by atoms with Gasteiger partial charge in [0.1, 0.15) is 5.75 Å². The molecule has 0 heterocycles. The number of benzene rings is 2. The van der Waals surface area contributed by atoms with E-state index in [1.54, 1.807) is 6.07 Å². The summed E-state index contributed by atoms with van der Waals surface area (Å²) in [5.41, 5.74) is 8.47. The minimum atomic E-state index is 0.322. The lowest BCUT2D eigenvalue weighted by molar-refractivity contribution is 0.473. The third-order valence-corrected chi connectivity index (χ3v) is 5.47. The number of hydrogen-bond donors (Lipinski definition) is 1. The Labute approximate surface area is 163 Å². The van der Waals surface area contributed by atoms with E-state index in [0.29, 0.717) is 11.7 Å². The van der Waals surface area contributed by atoms with Gasteiger partial charge >= 0.3 is 0 Å². The van der Waals surface area contributed by atoms with Crippen LogP contribution in [0.2, 0.25) is 0 Å². The third-order valence-electron chi connectivity index (χ3n) is 5.47. The van der Waals surface area contributed by atoms with Gasteiger partial charge < -0.3 is 5.11 Å². The van der Waals surface area contributed by atoms with Crippen molar-refractivity contribution in [2.75, 3.05) is 0 Å². The Balaban J connectivity index is 1.95. The molecule has 1 nitrogen and oxygen atoms in total. The number of para-hydroxylation sites is 1. The predicted octanol–water partition coefficient (Wildman–Crippen LogP) is 6.80. The SMILES string of the molecule is C=C/C(C)=C1/C=C(c2ccccc2O)C=C(CCc2ccc(C)cc2)[C@@H]1C. The van der Waals surface area contributed by atoms with Crippen molar-refractivity contribution in [3.05, 3.63) is 107 Å². The molecule has 0 bridgehead atoms. The van der Waals surface area contributed by atoms with Crippen LogP contribution in [0.3, 0.4) is 0 Å². The fraction of sp³-hybridized carbons (Fsp3) is 0.231. The van der Waals surface area contributed by atoms with Crippen LogP contribution in [0, 0.1) is 12.8 Å². The predicted molar refractivity (Wildman–Crippen MR) is 116 cm³/mol. The van der Waals surface area contributed by atoms with E-state index in [9.17, 15) is 5.11 Å². The molecule has 2 aromatic rings. The second-order valence-corrected chi connectivity index (χ2v) is 7.39. The van der Waals surface area contributed by atoms with E-state index in [0.717, 1.165) is 24.0 Å². The molecule has 1 N–H and O–H groups in total. The van der Waals surface area contributed by atoms with Gasteiger partial charge in [-0.2, -0.15) is 0 Å². The van der Waals surface area contributed by atoms with Crippen molar-refractivity contribution < 1.29 is 5.11 Å². The summed E-state index contributed by atoms with van der Waals surface area (Å²) in [6.07, 6.45) is 8.40. The molecule has 0 radical (unpaired) electrons. The van der Waals surface area contributed by atoms with Gasteiger partial charge in [-0.25, -0.2) is 0 Å². The van der Waals surface area contributed by atoms with Crippen LogP contribution in [0.15, 0.2) is 90.1 Å². The number of aryl methyl sites for hydroxylation is 2. The minimum absolute atomic E-state index is 0.322. The highest BCUT2D eigenvalue weighted by Crippen LogP contribution is 2.38. The summed E-state index contributed by atoms with van der Waals surface area (Å²) in [4.78, 5) is 0. The quantitative estimate of drug-likeness (QED) is 0.625. The molecular weight excluding hydrogens is 328 g/mol. The summed E-state index contributed by atoms with van der Waals surface area (Å²) in [5.74, 6) is 0.672. The second kappa shape index (κ2) is 8.26. The zero-order chi connectivity index (χ0) is 19.4. The summed E-state index contributed by atoms with van der Waals surface area (Å²) in [5, 5.41) is 10.3. The average Bonchev–Trinajstić information content (AvgIpc) is 2.68. The van der Waals surface area contributed by atoms with Crippen LogP contribution >= 0.6 is 0 Å². The summed E-state index contributed by atoms with van der Waals surface area (Å²) < 4.78 is 0. The molecule has 0 aromatic heterocycles. The largest absolute Gasteiger partial charge is 0.507 e. The van der Waals surface area contributed by atoms with Crippen LogP contribution in [-0.2, 0) is 6.42 Å². The zero-order valence-electron chi connectivity index (χ0n) is 16.5. The maximum absolute atomic E-state index is 10.3. The zero-order valence-corrected chi connectivity index (χ0v) is 16.5. The molecule has 0 spiro atoms. The van der Waals surface area contributed by atoms with E-state index in [2.05, 4.69) is 63.8 Å². The van der Waals surface area contributed by atoms with Crippen LogP contribution in [0.4, 0.5) is 0 Å². The van der Waals surface area contributed by atoms with Gasteiger partial charge in [0.05, 0.1) is 0 Å². The van der Waals surface area contributed by atoms with E-state index in [1.165, 1.54) is 27.8 Å². The molecule has 0 amide bonds. The Morgan fingerprint density at radius 1 is 1.04 bits per heavy atom. The van der Waals surface area contributed by atoms with Crippen LogP contribution in [0.25, 0.3) is 5.57 Å². The van der Waals surface area contributed by atoms with Gasteiger partial charge in [0.15, 0.2) is 0 Å². The van der Waals surface area contributed by atoms with Crippen molar-refractivity contribution in [1.29, 1.82) is 0 Å². The first-order valence-electron chi connectivity index (χ1n) is 9.59. The highest BCUT2D eigenvalue weighted by molar-refractivity contribution is 5.82. The fourth-order valence-corrected chi connectivity index (χ4v) is 3.64. The molecule has 27 heavy (non-hydrogen) atoms. The summed E-state index contributed by atoms with van der Waals surface area (Å²) in [6, 6.07) is 16.3. The molecule has 1 atom stereocenters. The molecule has 138 valence electrons. The fourth-order valence-electron chi connectivity index (χ4n) is 3.64. The molecule has 3 rings (SSSR count). The van der Waals surface area contributed by atoms with Gasteiger partial charge in [-0.05, 0) is 55.0 Å². The molecule has 0 aliphatic heterocycles. The Kier molecular flexibility index (Phi) is 5.81. The van der Waals surface area contributed by atoms with Crippen LogP contribution in [0.1, 0.15) is 37.0 Å². The van der Waals surface area contributed by atoms with Crippen molar-refractivity contribution in [2.45, 2.75) is 33.6 Å². The summed E-state index contributed by atoms with van der Waals surface area (Å²) >= 11 is 0. The minimum Gasteiger partial charge on any atom is -0.507 e. The molecule has 0 unspecified atom stereocenters. The van der Waals surface area contributed by atoms with Gasteiger partial charge in [-0.1, -0.05) is 85.3 Å². The number of rotatable bonds is 5. The molecule has 0 saturated carbocycles. The average molecular weight is 357 g/mol. The number of aromatic hydroxyl groups is 1. The molecular formula is C26H28O. The Hall–Kier alpha value is -2.80. The molecule has 0 saturated heterocycles. The first kappa shape index (κ1) is 19.0. The first-order valence-corrected chi connectivity index (χ1v) is 9.59. The number of phenolic OH excluding ortho intramolecular Hbond substituents is 1. The summed E-state index contributed by atoms with van der Waals surface area (Å²) in [6.45, 7) is 10.5. The standard InChI is InChI=1S/C26H28O/c1-5-19(3)25-17-23(24-8-6-7-9-26(24)27)16-22(20(25)4)15-14-21-12-10-18(2)11-13-21/h5-13,16-17,20,27H,1,14-15H2,2-4H3/b25-19-/t20-/m0/s1. The van der Waals surface area contributed by atoms with Crippen molar-refractivity contribution in [3.8, 4) is 5.75 Å². The molecule has 1 heteroatoms. The normalized spacial score (nSPS) is 18.6.